The van der Waals surface area contributed by atoms with Crippen LogP contribution in [-0.4, -0.2) is 13.1 Å². The third-order valence-electron chi connectivity index (χ3n) is 5.66. The average molecular weight is 383 g/mol. The van der Waals surface area contributed by atoms with E-state index in [0.29, 0.717) is 0 Å². The van der Waals surface area contributed by atoms with Crippen LogP contribution in [0.25, 0.3) is 0 Å². The van der Waals surface area contributed by atoms with Gasteiger partial charge in [0.05, 0.1) is 0 Å². The molecule has 27 heavy (non-hydrogen) atoms. The summed E-state index contributed by atoms with van der Waals surface area (Å²) in [5, 5.41) is 0. The number of rotatable bonds is 24. The summed E-state index contributed by atoms with van der Waals surface area (Å²) < 4.78 is 0. The molecule has 0 aliphatic rings. The van der Waals surface area contributed by atoms with Crippen molar-refractivity contribution in [1.29, 1.82) is 0 Å². The normalized spacial score (nSPS) is 11.3. The van der Waals surface area contributed by atoms with E-state index in [1.807, 2.05) is 0 Å². The Morgan fingerprint density at radius 1 is 0.296 bits per heavy atom. The first-order valence-corrected chi connectivity index (χ1v) is 12.9. The Morgan fingerprint density at radius 2 is 0.593 bits per heavy atom. The van der Waals surface area contributed by atoms with Crippen molar-refractivity contribution in [3.63, 3.8) is 0 Å². The third-order valence-corrected chi connectivity index (χ3v) is 5.66. The highest BCUT2D eigenvalue weighted by atomic mass is 15.3. The molecule has 0 atom stereocenters. The Morgan fingerprint density at radius 3 is 0.926 bits per heavy atom. The lowest BCUT2D eigenvalue weighted by atomic mass is 10.0. The zero-order chi connectivity index (χ0) is 19.7. The summed E-state index contributed by atoms with van der Waals surface area (Å²) >= 11 is 0. The van der Waals surface area contributed by atoms with Crippen LogP contribution in [-0.2, 0) is 0 Å². The van der Waals surface area contributed by atoms with Gasteiger partial charge in [0.2, 0.25) is 0 Å². The lowest BCUT2D eigenvalue weighted by Gasteiger charge is -2.05. The van der Waals surface area contributed by atoms with Crippen molar-refractivity contribution in [3.05, 3.63) is 0 Å². The standard InChI is InChI=1S/C25H54N2/c1-3-5-6-7-8-9-10-11-12-13-14-15-16-17-18-19-20-21-22-23-25-27-26-24-4-2/h26-27H,3-25H2,1-2H3. The van der Waals surface area contributed by atoms with Crippen LogP contribution in [0.1, 0.15) is 149 Å². The zero-order valence-electron chi connectivity index (χ0n) is 19.3. The van der Waals surface area contributed by atoms with Gasteiger partial charge in [-0.15, -0.1) is 0 Å². The quantitative estimate of drug-likeness (QED) is 0.129. The maximum absolute atomic E-state index is 3.30. The van der Waals surface area contributed by atoms with Gasteiger partial charge in [-0.25, -0.2) is 0 Å². The van der Waals surface area contributed by atoms with Gasteiger partial charge in [-0.05, 0) is 12.8 Å². The first-order chi connectivity index (χ1) is 13.4. The van der Waals surface area contributed by atoms with E-state index in [1.165, 1.54) is 135 Å². The smallest absolute Gasteiger partial charge is 0.00997 e. The van der Waals surface area contributed by atoms with Gasteiger partial charge in [-0.1, -0.05) is 136 Å². The van der Waals surface area contributed by atoms with E-state index in [-0.39, 0.29) is 0 Å². The van der Waals surface area contributed by atoms with Crippen LogP contribution < -0.4 is 10.9 Å². The minimum absolute atomic E-state index is 1.08. The minimum Gasteiger partial charge on any atom is -0.258 e. The molecule has 0 bridgehead atoms. The summed E-state index contributed by atoms with van der Waals surface area (Å²) in [6.07, 6.45) is 30.3. The van der Waals surface area contributed by atoms with Crippen LogP contribution in [0.4, 0.5) is 0 Å². The molecule has 0 unspecified atom stereocenters. The fourth-order valence-electron chi connectivity index (χ4n) is 3.77. The fraction of sp³-hybridized carbons (Fsp3) is 1.00. The molecule has 0 saturated carbocycles. The molecule has 0 rings (SSSR count). The first kappa shape index (κ1) is 26.9. The van der Waals surface area contributed by atoms with Crippen LogP contribution in [0, 0.1) is 0 Å². The van der Waals surface area contributed by atoms with E-state index in [2.05, 4.69) is 24.7 Å². The summed E-state index contributed by atoms with van der Waals surface area (Å²) in [5.74, 6) is 0. The SMILES string of the molecule is CCCCCCCCCCCCCCCCCCCCCCNNCCC. The molecule has 164 valence electrons. The van der Waals surface area contributed by atoms with E-state index >= 15 is 0 Å². The molecule has 0 radical (unpaired) electrons. The van der Waals surface area contributed by atoms with Crippen LogP contribution in [0.3, 0.4) is 0 Å². The van der Waals surface area contributed by atoms with Gasteiger partial charge in [0.1, 0.15) is 0 Å². The van der Waals surface area contributed by atoms with Crippen LogP contribution in [0.5, 0.6) is 0 Å². The third kappa shape index (κ3) is 25.9. The second kappa shape index (κ2) is 25.9. The Balaban J connectivity index is 2.95. The topological polar surface area (TPSA) is 24.1 Å². The molecular weight excluding hydrogens is 328 g/mol. The molecule has 0 aliphatic heterocycles. The van der Waals surface area contributed by atoms with Gasteiger partial charge < -0.3 is 0 Å². The molecule has 0 aromatic rings. The molecule has 0 aromatic carbocycles. The van der Waals surface area contributed by atoms with Crippen molar-refractivity contribution in [2.75, 3.05) is 13.1 Å². The number of hydrogen-bond acceptors (Lipinski definition) is 2. The molecule has 0 amide bonds. The molecule has 2 heteroatoms. The van der Waals surface area contributed by atoms with Crippen LogP contribution in [0.15, 0.2) is 0 Å². The highest BCUT2D eigenvalue weighted by Gasteiger charge is 1.95. The molecule has 0 fully saturated rings. The summed E-state index contributed by atoms with van der Waals surface area (Å²) in [5.41, 5.74) is 6.54. The summed E-state index contributed by atoms with van der Waals surface area (Å²) in [6.45, 7) is 6.71. The summed E-state index contributed by atoms with van der Waals surface area (Å²) in [6, 6.07) is 0. The second-order valence-electron chi connectivity index (χ2n) is 8.57. The van der Waals surface area contributed by atoms with Gasteiger partial charge in [0.25, 0.3) is 0 Å². The van der Waals surface area contributed by atoms with E-state index in [0.717, 1.165) is 13.1 Å². The van der Waals surface area contributed by atoms with Gasteiger partial charge in [-0.3, -0.25) is 10.9 Å². The number of hydrazine groups is 1. The monoisotopic (exact) mass is 382 g/mol. The van der Waals surface area contributed by atoms with Gasteiger partial charge >= 0.3 is 0 Å². The van der Waals surface area contributed by atoms with Gasteiger partial charge in [0.15, 0.2) is 0 Å². The maximum Gasteiger partial charge on any atom is 0.00997 e. The van der Waals surface area contributed by atoms with Crippen molar-refractivity contribution < 1.29 is 0 Å². The highest BCUT2D eigenvalue weighted by Crippen LogP contribution is 2.14. The molecule has 0 spiro atoms. The second-order valence-corrected chi connectivity index (χ2v) is 8.57. The Kier molecular flexibility index (Phi) is 25.8. The van der Waals surface area contributed by atoms with Crippen molar-refractivity contribution in [3.8, 4) is 0 Å². The summed E-state index contributed by atoms with van der Waals surface area (Å²) in [4.78, 5) is 0. The lowest BCUT2D eigenvalue weighted by molar-refractivity contribution is 0.493. The number of unbranched alkanes of at least 4 members (excludes halogenated alkanes) is 19. The zero-order valence-corrected chi connectivity index (χ0v) is 19.3. The molecule has 0 saturated heterocycles. The molecule has 0 aromatic heterocycles. The number of nitrogens with one attached hydrogen (secondary N) is 2. The first-order valence-electron chi connectivity index (χ1n) is 12.9. The van der Waals surface area contributed by atoms with E-state index in [4.69, 9.17) is 0 Å². The molecule has 2 nitrogen and oxygen atoms in total. The van der Waals surface area contributed by atoms with Crippen LogP contribution >= 0.6 is 0 Å². The average Bonchev–Trinajstić information content (AvgIpc) is 2.68. The Bertz CT molecular complexity index is 218. The maximum atomic E-state index is 3.30. The predicted octanol–water partition coefficient (Wildman–Crippen LogP) is 8.31. The van der Waals surface area contributed by atoms with E-state index < -0.39 is 0 Å². The Labute approximate surface area is 173 Å². The van der Waals surface area contributed by atoms with Crippen molar-refractivity contribution >= 4 is 0 Å². The Hall–Kier alpha value is -0.0800. The lowest BCUT2D eigenvalue weighted by Crippen LogP contribution is -2.32. The number of hydrogen-bond donors (Lipinski definition) is 2. The van der Waals surface area contributed by atoms with Crippen molar-refractivity contribution in [2.45, 2.75) is 149 Å². The molecule has 0 aliphatic carbocycles. The minimum atomic E-state index is 1.08. The molecule has 0 heterocycles. The molecular formula is C25H54N2. The van der Waals surface area contributed by atoms with E-state index in [9.17, 15) is 0 Å². The van der Waals surface area contributed by atoms with Crippen molar-refractivity contribution in [2.24, 2.45) is 0 Å². The van der Waals surface area contributed by atoms with Crippen LogP contribution in [0.2, 0.25) is 0 Å². The molecule has 2 N–H and O–H groups in total. The highest BCUT2D eigenvalue weighted by molar-refractivity contribution is 4.51. The largest absolute Gasteiger partial charge is 0.258 e. The predicted molar refractivity (Wildman–Crippen MR) is 124 cm³/mol. The van der Waals surface area contributed by atoms with E-state index in [1.54, 1.807) is 0 Å². The fourth-order valence-corrected chi connectivity index (χ4v) is 3.77. The van der Waals surface area contributed by atoms with Gasteiger partial charge in [-0.2, -0.15) is 0 Å². The summed E-state index contributed by atoms with van der Waals surface area (Å²) in [7, 11) is 0. The van der Waals surface area contributed by atoms with Gasteiger partial charge in [0, 0.05) is 13.1 Å². The van der Waals surface area contributed by atoms with Crippen molar-refractivity contribution in [1.82, 2.24) is 10.9 Å².